The van der Waals surface area contributed by atoms with Gasteiger partial charge < -0.3 is 50.6 Å². The number of aliphatic hydroxyl groups excluding tert-OH is 2. The van der Waals surface area contributed by atoms with E-state index in [1.807, 2.05) is 48.3 Å². The molecule has 5 fully saturated rings. The summed E-state index contributed by atoms with van der Waals surface area (Å²) < 4.78 is 21.7. The van der Waals surface area contributed by atoms with Gasteiger partial charge in [-0.3, -0.25) is 24.4 Å². The van der Waals surface area contributed by atoms with Crippen LogP contribution in [0.25, 0.3) is 44.1 Å². The van der Waals surface area contributed by atoms with Gasteiger partial charge in [0.2, 0.25) is 12.3 Å². The maximum atomic E-state index is 13.9. The quantitative estimate of drug-likeness (QED) is 0.0359. The Morgan fingerprint density at radius 1 is 0.976 bits per heavy atom. The average molecular weight is 1130 g/mol. The first-order chi connectivity index (χ1) is 40.5. The lowest BCUT2D eigenvalue weighted by Gasteiger charge is -2.31. The highest BCUT2D eigenvalue weighted by Gasteiger charge is 2.41. The van der Waals surface area contributed by atoms with Crippen LogP contribution >= 0.6 is 0 Å². The molecule has 7 aromatic rings. The fourth-order valence-corrected chi connectivity index (χ4v) is 13.1. The van der Waals surface area contributed by atoms with Crippen molar-refractivity contribution < 1.29 is 34.0 Å². The van der Waals surface area contributed by atoms with Gasteiger partial charge in [-0.05, 0) is 133 Å². The second kappa shape index (κ2) is 24.2. The smallest absolute Gasteiger partial charge is 0.319 e. The van der Waals surface area contributed by atoms with Crippen molar-refractivity contribution in [1.82, 2.24) is 45.5 Å². The van der Waals surface area contributed by atoms with Crippen LogP contribution in [0.5, 0.6) is 11.8 Å². The van der Waals surface area contributed by atoms with E-state index in [-0.39, 0.29) is 30.6 Å². The van der Waals surface area contributed by atoms with Gasteiger partial charge in [-0.25, -0.2) is 0 Å². The third-order valence-electron chi connectivity index (χ3n) is 17.4. The molecule has 1 saturated carbocycles. The second-order valence-electron chi connectivity index (χ2n) is 23.3. The van der Waals surface area contributed by atoms with Gasteiger partial charge in [-0.2, -0.15) is 20.2 Å². The zero-order valence-corrected chi connectivity index (χ0v) is 47.9. The van der Waals surface area contributed by atoms with Crippen molar-refractivity contribution in [2.45, 2.75) is 128 Å². The number of aromatic amines is 1. The molecule has 3 aromatic heterocycles. The van der Waals surface area contributed by atoms with Crippen LogP contribution in [-0.2, 0) is 33.8 Å². The van der Waals surface area contributed by atoms with Crippen LogP contribution in [0.1, 0.15) is 116 Å². The molecule has 434 valence electrons. The Bertz CT molecular complexity index is 3570. The number of piperazine rings is 1. The lowest BCUT2D eigenvalue weighted by atomic mass is 9.88. The predicted octanol–water partition coefficient (Wildman–Crippen LogP) is 7.55. The fourth-order valence-electron chi connectivity index (χ4n) is 13.1. The number of anilines is 1. The number of hydrogen-bond acceptors (Lipinski definition) is 15. The summed E-state index contributed by atoms with van der Waals surface area (Å²) in [5, 5.41) is 40.3. The van der Waals surface area contributed by atoms with E-state index in [1.54, 1.807) is 11.0 Å². The lowest BCUT2D eigenvalue weighted by molar-refractivity contribution is -0.135. The van der Waals surface area contributed by atoms with Crippen LogP contribution < -0.4 is 30.7 Å². The number of amides is 2. The highest BCUT2D eigenvalue weighted by atomic mass is 16.5. The van der Waals surface area contributed by atoms with Gasteiger partial charge in [0.1, 0.15) is 30.1 Å². The van der Waals surface area contributed by atoms with E-state index in [0.717, 1.165) is 147 Å². The van der Waals surface area contributed by atoms with E-state index in [4.69, 9.17) is 35.0 Å². The molecule has 5 atom stereocenters. The summed E-state index contributed by atoms with van der Waals surface area (Å²) in [4.78, 5) is 43.5. The number of aliphatic hydroxyl groups is 2. The number of H-pyrrole nitrogens is 1. The summed E-state index contributed by atoms with van der Waals surface area (Å²) >= 11 is 0. The molecule has 2 amide bonds. The molecular formula is C64H76N12O7. The number of aliphatic imine (C=N–C) groups is 1. The highest BCUT2D eigenvalue weighted by molar-refractivity contribution is 6.09. The van der Waals surface area contributed by atoms with E-state index >= 15 is 0 Å². The number of fused-ring (bicyclic) bond motifs is 7. The molecule has 13 rings (SSSR count). The minimum Gasteiger partial charge on any atom is -0.486 e. The van der Waals surface area contributed by atoms with Gasteiger partial charge >= 0.3 is 6.01 Å². The Morgan fingerprint density at radius 2 is 1.81 bits per heavy atom. The van der Waals surface area contributed by atoms with E-state index in [9.17, 15) is 19.8 Å². The number of hydrogen-bond donors (Lipinski definition) is 6. The molecule has 4 aliphatic heterocycles. The summed E-state index contributed by atoms with van der Waals surface area (Å²) in [6.07, 6.45) is 14.3. The number of benzene rings is 4. The van der Waals surface area contributed by atoms with Gasteiger partial charge in [0.25, 0.3) is 0 Å². The third-order valence-corrected chi connectivity index (χ3v) is 17.4. The second-order valence-corrected chi connectivity index (χ2v) is 23.3. The number of likely N-dealkylation sites (tertiary alicyclic amines) is 1. The molecule has 2 bridgehead atoms. The van der Waals surface area contributed by atoms with Crippen molar-refractivity contribution in [3.05, 3.63) is 124 Å². The number of rotatable bonds is 18. The first-order valence-corrected chi connectivity index (χ1v) is 29.7. The van der Waals surface area contributed by atoms with Gasteiger partial charge in [0.15, 0.2) is 5.75 Å². The Hall–Kier alpha value is -7.71. The van der Waals surface area contributed by atoms with E-state index < -0.39 is 12.1 Å². The van der Waals surface area contributed by atoms with E-state index in [1.165, 1.54) is 17.3 Å². The van der Waals surface area contributed by atoms with Gasteiger partial charge in [0, 0.05) is 85.2 Å². The zero-order valence-electron chi connectivity index (χ0n) is 47.9. The molecule has 19 nitrogen and oxygen atoms in total. The summed E-state index contributed by atoms with van der Waals surface area (Å²) in [6, 6.07) is 21.2. The molecule has 5 unspecified atom stereocenters. The largest absolute Gasteiger partial charge is 0.486 e. The van der Waals surface area contributed by atoms with Gasteiger partial charge in [-0.15, -0.1) is 0 Å². The summed E-state index contributed by atoms with van der Waals surface area (Å²) in [5.41, 5.74) is 20.0. The molecule has 0 radical (unpaired) electrons. The van der Waals surface area contributed by atoms with Crippen LogP contribution in [0.2, 0.25) is 0 Å². The number of nitrogens with one attached hydrogen (secondary N) is 3. The molecule has 4 aromatic carbocycles. The summed E-state index contributed by atoms with van der Waals surface area (Å²) in [7, 11) is 0. The Kier molecular flexibility index (Phi) is 16.3. The van der Waals surface area contributed by atoms with Crippen molar-refractivity contribution in [3.63, 3.8) is 0 Å². The number of nitrogens with zero attached hydrogens (tertiary/aromatic N) is 8. The van der Waals surface area contributed by atoms with Crippen molar-refractivity contribution in [2.75, 3.05) is 57.4 Å². The number of carbonyl (C=O) groups excluding carboxylic acids is 2. The normalized spacial score (nSPS) is 20.4. The molecular weight excluding hydrogens is 1050 g/mol. The SMILES string of the molecule is CCN=C(/C=C\N)c1ccc(C(CO)NC=O)cc1.Cc1ccc2[nH]ncc2c1-c1c(C2CC2)cc2c(N3CC4CC3CN4)nc(OC3CCOCC3)nc2c1OCc1ccc2c(c1)CCc1c-2cnn1C(C(=O)N1CCC(O)C1)C(C)C. The van der Waals surface area contributed by atoms with Crippen molar-refractivity contribution in [1.29, 1.82) is 0 Å². The molecule has 0 spiro atoms. The van der Waals surface area contributed by atoms with Crippen LogP contribution in [0.3, 0.4) is 0 Å². The Balaban J connectivity index is 0.000000307. The van der Waals surface area contributed by atoms with Crippen molar-refractivity contribution >= 4 is 45.7 Å². The minimum atomic E-state index is -0.460. The van der Waals surface area contributed by atoms with Crippen molar-refractivity contribution in [2.24, 2.45) is 16.6 Å². The lowest BCUT2D eigenvalue weighted by Crippen LogP contribution is -2.44. The topological polar surface area (TPSA) is 243 Å². The van der Waals surface area contributed by atoms with Crippen LogP contribution in [0.4, 0.5) is 5.82 Å². The molecule has 7 N–H and O–H groups in total. The Morgan fingerprint density at radius 3 is 2.51 bits per heavy atom. The fraction of sp³-hybridized carbons (Fsp3) is 0.453. The number of nitrogens with two attached hydrogens (primary N) is 1. The van der Waals surface area contributed by atoms with E-state index in [2.05, 4.69) is 87.9 Å². The van der Waals surface area contributed by atoms with Gasteiger partial charge in [0.05, 0.1) is 55.6 Å². The molecule has 7 heterocycles. The molecule has 2 aliphatic carbocycles. The number of carbonyl (C=O) groups is 2. The summed E-state index contributed by atoms with van der Waals surface area (Å²) in [5.74, 6) is 2.18. The maximum absolute atomic E-state index is 13.9. The number of β-amino-alcohol motifs (C(OH)–C–C–N with tert-alkyl or cyclic N) is 1. The van der Waals surface area contributed by atoms with Crippen LogP contribution in [-0.4, -0.2) is 140 Å². The van der Waals surface area contributed by atoms with Crippen molar-refractivity contribution in [3.8, 4) is 34.0 Å². The molecule has 4 saturated heterocycles. The molecule has 83 heavy (non-hydrogen) atoms. The molecule has 19 heteroatoms. The summed E-state index contributed by atoms with van der Waals surface area (Å²) in [6.45, 7) is 13.3. The Labute approximate surface area is 483 Å². The number of ether oxygens (including phenoxy) is 3. The molecule has 6 aliphatic rings. The average Bonchev–Trinajstić information content (AvgIpc) is 2.77. The van der Waals surface area contributed by atoms with Gasteiger partial charge in [-0.1, -0.05) is 62.4 Å². The third kappa shape index (κ3) is 11.3. The van der Waals surface area contributed by atoms with E-state index in [0.29, 0.717) is 76.3 Å². The zero-order chi connectivity index (χ0) is 57.3. The number of allylic oxidation sites excluding steroid dienone is 1. The number of aryl methyl sites for hydroxylation is 2. The standard InChI is InChI=1S/C50H57N9O5.C14H19N3O2/c1-27(2)46(49(61)57-15-12-34(60)25-57)59-42-11-8-31-18-29(5-9-36(31)39(42)23-53-59)26-63-47-44(43-28(3)4-10-41-40(43)22-52-56-41)37(30-6-7-30)20-38-45(47)54-50(64-35-13-16-62-17-14-35)55-48(38)58-24-32-19-33(58)21-51-32;1-2-16-13(7-8-15)11-3-5-12(6-4-11)14(9-18)17-10-19/h4-5,9-10,18,20,22-23,27,30,32-35,46,51,60H,6-8,11-17,19,21,24-26H2,1-3H3,(H,52,56);3-8,10,14,18H,2,9,15H2,1H3,(H,17,19)/b;8-7-,16-13?. The number of aromatic nitrogens is 6. The monoisotopic (exact) mass is 1120 g/mol. The maximum Gasteiger partial charge on any atom is 0.319 e. The first kappa shape index (κ1) is 55.8. The van der Waals surface area contributed by atoms with Crippen LogP contribution in [0.15, 0.2) is 90.3 Å². The predicted molar refractivity (Wildman–Crippen MR) is 320 cm³/mol. The van der Waals surface area contributed by atoms with Crippen LogP contribution in [0, 0.1) is 12.8 Å². The minimum absolute atomic E-state index is 0.0220. The first-order valence-electron chi connectivity index (χ1n) is 29.7. The highest BCUT2D eigenvalue weighted by Crippen LogP contribution is 2.53.